The first kappa shape index (κ1) is 14.4. The van der Waals surface area contributed by atoms with Gasteiger partial charge in [-0.1, -0.05) is 6.07 Å². The van der Waals surface area contributed by atoms with E-state index in [0.717, 1.165) is 50.3 Å². The van der Waals surface area contributed by atoms with Gasteiger partial charge >= 0.3 is 0 Å². The molecule has 112 valence electrons. The number of nitrogens with zero attached hydrogens (tertiary/aromatic N) is 2. The number of aryl methyl sites for hydroxylation is 1. The summed E-state index contributed by atoms with van der Waals surface area (Å²) in [6.07, 6.45) is 4.80. The van der Waals surface area contributed by atoms with Crippen LogP contribution in [-0.2, 0) is 6.42 Å². The largest absolute Gasteiger partial charge is 0.367 e. The van der Waals surface area contributed by atoms with Crippen molar-refractivity contribution in [2.24, 2.45) is 0 Å². The summed E-state index contributed by atoms with van der Waals surface area (Å²) >= 11 is 1.82. The van der Waals surface area contributed by atoms with Gasteiger partial charge in [0.05, 0.1) is 5.56 Å². The molecule has 2 aromatic rings. The summed E-state index contributed by atoms with van der Waals surface area (Å²) in [4.78, 5) is 21.3. The number of aromatic nitrogens is 1. The highest BCUT2D eigenvalue weighted by Gasteiger charge is 2.23. The van der Waals surface area contributed by atoms with Gasteiger partial charge in [0.2, 0.25) is 0 Å². The topological polar surface area (TPSA) is 39.3 Å². The van der Waals surface area contributed by atoms with Crippen molar-refractivity contribution in [3.63, 3.8) is 0 Å². The van der Waals surface area contributed by atoms with Gasteiger partial charge in [0.15, 0.2) is 0 Å². The number of aromatic amines is 1. The molecule has 0 aromatic carbocycles. The summed E-state index contributed by atoms with van der Waals surface area (Å²) in [5.74, 6) is 0.159. The lowest BCUT2D eigenvalue weighted by Gasteiger charge is -2.34. The summed E-state index contributed by atoms with van der Waals surface area (Å²) in [6.45, 7) is 6.66. The van der Waals surface area contributed by atoms with Crippen LogP contribution < -0.4 is 0 Å². The highest BCUT2D eigenvalue weighted by Crippen LogP contribution is 2.14. The van der Waals surface area contributed by atoms with E-state index in [1.165, 1.54) is 4.88 Å². The molecule has 2 aromatic heterocycles. The average Bonchev–Trinajstić information content (AvgIpc) is 3.16. The highest BCUT2D eigenvalue weighted by atomic mass is 32.1. The smallest absolute Gasteiger partial charge is 0.255 e. The van der Waals surface area contributed by atoms with Crippen molar-refractivity contribution >= 4 is 17.2 Å². The number of hydrogen-bond acceptors (Lipinski definition) is 3. The minimum atomic E-state index is 0.159. The van der Waals surface area contributed by atoms with Gasteiger partial charge in [-0.25, -0.2) is 0 Å². The predicted octanol–water partition coefficient (Wildman–Crippen LogP) is 2.39. The lowest BCUT2D eigenvalue weighted by molar-refractivity contribution is 0.0638. The van der Waals surface area contributed by atoms with Crippen LogP contribution in [0.5, 0.6) is 0 Å². The van der Waals surface area contributed by atoms with Gasteiger partial charge in [0, 0.05) is 50.0 Å². The molecular formula is C16H21N3OS. The van der Waals surface area contributed by atoms with Crippen LogP contribution in [0.2, 0.25) is 0 Å². The molecule has 0 bridgehead atoms. The first-order valence-electron chi connectivity index (χ1n) is 7.41. The zero-order chi connectivity index (χ0) is 14.7. The number of carbonyl (C=O) groups excluding carboxylic acids is 1. The van der Waals surface area contributed by atoms with Crippen molar-refractivity contribution in [3.05, 3.63) is 45.9 Å². The van der Waals surface area contributed by atoms with E-state index in [-0.39, 0.29) is 5.91 Å². The standard InChI is InChI=1S/C16H21N3OS/c1-13-11-17-12-15(13)16(20)19-8-6-18(7-9-19)5-4-14-3-2-10-21-14/h2-3,10-12,17H,4-9H2,1H3. The van der Waals surface area contributed by atoms with E-state index in [4.69, 9.17) is 0 Å². The summed E-state index contributed by atoms with van der Waals surface area (Å²) in [6, 6.07) is 4.30. The molecule has 1 amide bonds. The van der Waals surface area contributed by atoms with Gasteiger partial charge in [0.1, 0.15) is 0 Å². The molecule has 4 nitrogen and oxygen atoms in total. The summed E-state index contributed by atoms with van der Waals surface area (Å²) in [7, 11) is 0. The molecule has 1 aliphatic heterocycles. The Morgan fingerprint density at radius 1 is 1.29 bits per heavy atom. The fourth-order valence-electron chi connectivity index (χ4n) is 2.74. The van der Waals surface area contributed by atoms with E-state index >= 15 is 0 Å². The highest BCUT2D eigenvalue weighted by molar-refractivity contribution is 7.09. The van der Waals surface area contributed by atoms with Crippen LogP contribution in [0.15, 0.2) is 29.9 Å². The second-order valence-electron chi connectivity index (χ2n) is 5.52. The van der Waals surface area contributed by atoms with E-state index in [2.05, 4.69) is 27.4 Å². The first-order chi connectivity index (χ1) is 10.2. The van der Waals surface area contributed by atoms with Crippen LogP contribution >= 0.6 is 11.3 Å². The number of rotatable bonds is 4. The van der Waals surface area contributed by atoms with Crippen LogP contribution in [0.4, 0.5) is 0 Å². The zero-order valence-electron chi connectivity index (χ0n) is 12.3. The van der Waals surface area contributed by atoms with Crippen molar-refractivity contribution in [1.82, 2.24) is 14.8 Å². The summed E-state index contributed by atoms with van der Waals surface area (Å²) in [5, 5.41) is 2.13. The van der Waals surface area contributed by atoms with Crippen LogP contribution in [0.25, 0.3) is 0 Å². The number of thiophene rings is 1. The van der Waals surface area contributed by atoms with Crippen LogP contribution in [0.3, 0.4) is 0 Å². The van der Waals surface area contributed by atoms with Crippen molar-refractivity contribution < 1.29 is 4.79 Å². The Kier molecular flexibility index (Phi) is 4.41. The Balaban J connectivity index is 1.49. The Morgan fingerprint density at radius 3 is 2.71 bits per heavy atom. The molecule has 5 heteroatoms. The van der Waals surface area contributed by atoms with E-state index in [0.29, 0.717) is 0 Å². The number of amides is 1. The normalized spacial score (nSPS) is 16.3. The van der Waals surface area contributed by atoms with Gasteiger partial charge in [0.25, 0.3) is 5.91 Å². The maximum absolute atomic E-state index is 12.4. The number of H-pyrrole nitrogens is 1. The molecule has 3 rings (SSSR count). The van der Waals surface area contributed by atoms with Crippen molar-refractivity contribution in [3.8, 4) is 0 Å². The van der Waals surface area contributed by atoms with Gasteiger partial charge < -0.3 is 9.88 Å². The molecule has 0 saturated carbocycles. The minimum Gasteiger partial charge on any atom is -0.367 e. The number of carbonyl (C=O) groups is 1. The molecule has 0 atom stereocenters. The van der Waals surface area contributed by atoms with E-state index in [1.807, 2.05) is 29.4 Å². The Morgan fingerprint density at radius 2 is 2.10 bits per heavy atom. The molecule has 21 heavy (non-hydrogen) atoms. The number of nitrogens with one attached hydrogen (secondary N) is 1. The number of piperazine rings is 1. The van der Waals surface area contributed by atoms with E-state index in [9.17, 15) is 4.79 Å². The van der Waals surface area contributed by atoms with Crippen LogP contribution in [-0.4, -0.2) is 53.4 Å². The molecule has 1 aliphatic rings. The third-order valence-corrected chi connectivity index (χ3v) is 5.03. The second kappa shape index (κ2) is 6.45. The molecule has 1 N–H and O–H groups in total. The second-order valence-corrected chi connectivity index (χ2v) is 6.55. The van der Waals surface area contributed by atoms with Crippen molar-refractivity contribution in [1.29, 1.82) is 0 Å². The SMILES string of the molecule is Cc1c[nH]cc1C(=O)N1CCN(CCc2cccs2)CC1. The molecule has 0 aliphatic carbocycles. The Hall–Kier alpha value is -1.59. The molecule has 1 fully saturated rings. The number of hydrogen-bond donors (Lipinski definition) is 1. The third kappa shape index (κ3) is 3.36. The summed E-state index contributed by atoms with van der Waals surface area (Å²) in [5.41, 5.74) is 1.84. The van der Waals surface area contributed by atoms with Gasteiger partial charge in [-0.2, -0.15) is 0 Å². The Bertz CT molecular complexity index is 582. The van der Waals surface area contributed by atoms with Gasteiger partial charge in [-0.15, -0.1) is 11.3 Å². The monoisotopic (exact) mass is 303 g/mol. The van der Waals surface area contributed by atoms with Gasteiger partial charge in [-0.05, 0) is 30.4 Å². The first-order valence-corrected chi connectivity index (χ1v) is 8.29. The summed E-state index contributed by atoms with van der Waals surface area (Å²) < 4.78 is 0. The average molecular weight is 303 g/mol. The van der Waals surface area contributed by atoms with Crippen LogP contribution in [0.1, 0.15) is 20.8 Å². The zero-order valence-corrected chi connectivity index (χ0v) is 13.2. The Labute approximate surface area is 129 Å². The molecule has 0 radical (unpaired) electrons. The molecular weight excluding hydrogens is 282 g/mol. The predicted molar refractivity (Wildman–Crippen MR) is 85.9 cm³/mol. The minimum absolute atomic E-state index is 0.159. The quantitative estimate of drug-likeness (QED) is 0.942. The maximum Gasteiger partial charge on any atom is 0.255 e. The van der Waals surface area contributed by atoms with Gasteiger partial charge in [-0.3, -0.25) is 9.69 Å². The van der Waals surface area contributed by atoms with Crippen molar-refractivity contribution in [2.45, 2.75) is 13.3 Å². The molecule has 1 saturated heterocycles. The fourth-order valence-corrected chi connectivity index (χ4v) is 3.44. The van der Waals surface area contributed by atoms with Crippen molar-refractivity contribution in [2.75, 3.05) is 32.7 Å². The fraction of sp³-hybridized carbons (Fsp3) is 0.438. The third-order valence-electron chi connectivity index (χ3n) is 4.10. The molecule has 0 spiro atoms. The van der Waals surface area contributed by atoms with Crippen LogP contribution in [0, 0.1) is 6.92 Å². The molecule has 0 unspecified atom stereocenters. The van der Waals surface area contributed by atoms with E-state index < -0.39 is 0 Å². The lowest BCUT2D eigenvalue weighted by atomic mass is 10.2. The lowest BCUT2D eigenvalue weighted by Crippen LogP contribution is -2.49. The maximum atomic E-state index is 12.4. The van der Waals surface area contributed by atoms with E-state index in [1.54, 1.807) is 6.20 Å². The molecule has 3 heterocycles.